The van der Waals surface area contributed by atoms with Gasteiger partial charge in [-0.05, 0) is 37.8 Å². The number of ether oxygens (including phenoxy) is 1. The molecule has 1 aromatic carbocycles. The van der Waals surface area contributed by atoms with Gasteiger partial charge >= 0.3 is 11.9 Å². The van der Waals surface area contributed by atoms with Crippen LogP contribution in [0.4, 0.5) is 0 Å². The summed E-state index contributed by atoms with van der Waals surface area (Å²) in [5, 5.41) is 38.1. The van der Waals surface area contributed by atoms with E-state index in [4.69, 9.17) is 4.74 Å². The van der Waals surface area contributed by atoms with Gasteiger partial charge in [-0.3, -0.25) is 4.79 Å². The SMILES string of the molecule is CC(=O)O[C@H](CCCCCCCCC[C@H](C)O)Cc1cc(O)cc(O)c1C(=O)O. The van der Waals surface area contributed by atoms with Gasteiger partial charge in [-0.2, -0.15) is 0 Å². The lowest BCUT2D eigenvalue weighted by molar-refractivity contribution is -0.146. The molecule has 0 fully saturated rings. The van der Waals surface area contributed by atoms with E-state index in [1.807, 2.05) is 0 Å². The van der Waals surface area contributed by atoms with Crippen LogP contribution < -0.4 is 0 Å². The highest BCUT2D eigenvalue weighted by Crippen LogP contribution is 2.29. The zero-order chi connectivity index (χ0) is 21.8. The maximum Gasteiger partial charge on any atom is 0.339 e. The number of carboxylic acid groups (broad SMARTS) is 1. The van der Waals surface area contributed by atoms with Crippen LogP contribution in [0, 0.1) is 0 Å². The summed E-state index contributed by atoms with van der Waals surface area (Å²) in [5.74, 6) is -2.49. The van der Waals surface area contributed by atoms with Gasteiger partial charge in [0.1, 0.15) is 23.2 Å². The van der Waals surface area contributed by atoms with Crippen molar-refractivity contribution in [2.75, 3.05) is 0 Å². The van der Waals surface area contributed by atoms with Crippen LogP contribution in [0.25, 0.3) is 0 Å². The second-order valence-corrected chi connectivity index (χ2v) is 7.64. The van der Waals surface area contributed by atoms with Gasteiger partial charge in [0.25, 0.3) is 0 Å². The second-order valence-electron chi connectivity index (χ2n) is 7.64. The van der Waals surface area contributed by atoms with E-state index >= 15 is 0 Å². The fourth-order valence-electron chi connectivity index (χ4n) is 3.46. The minimum absolute atomic E-state index is 0.114. The highest BCUT2D eigenvalue weighted by Gasteiger charge is 2.21. The van der Waals surface area contributed by atoms with Gasteiger partial charge < -0.3 is 25.2 Å². The minimum atomic E-state index is -1.30. The number of carbonyl (C=O) groups is 2. The number of rotatable bonds is 14. The van der Waals surface area contributed by atoms with E-state index in [1.165, 1.54) is 13.0 Å². The van der Waals surface area contributed by atoms with Gasteiger partial charge in [-0.25, -0.2) is 4.79 Å². The van der Waals surface area contributed by atoms with Crippen molar-refractivity contribution in [1.82, 2.24) is 0 Å². The average Bonchev–Trinajstić information content (AvgIpc) is 2.58. The molecule has 0 aromatic heterocycles. The molecule has 0 aliphatic rings. The van der Waals surface area contributed by atoms with E-state index in [2.05, 4.69) is 0 Å². The molecule has 0 saturated carbocycles. The minimum Gasteiger partial charge on any atom is -0.508 e. The molecule has 0 heterocycles. The van der Waals surface area contributed by atoms with Crippen LogP contribution in [-0.2, 0) is 16.0 Å². The summed E-state index contributed by atoms with van der Waals surface area (Å²) < 4.78 is 5.33. The van der Waals surface area contributed by atoms with Crippen molar-refractivity contribution in [2.45, 2.75) is 90.3 Å². The van der Waals surface area contributed by atoms with Gasteiger partial charge in [0, 0.05) is 19.4 Å². The van der Waals surface area contributed by atoms with Gasteiger partial charge in [0.15, 0.2) is 0 Å². The first-order valence-corrected chi connectivity index (χ1v) is 10.3. The molecule has 7 heteroatoms. The number of aromatic hydroxyl groups is 2. The Morgan fingerprint density at radius 3 is 2.03 bits per heavy atom. The summed E-state index contributed by atoms with van der Waals surface area (Å²) in [4.78, 5) is 22.9. The molecule has 1 rings (SSSR count). The molecule has 0 aliphatic carbocycles. The number of aliphatic hydroxyl groups is 1. The first-order valence-electron chi connectivity index (χ1n) is 10.3. The summed E-state index contributed by atoms with van der Waals surface area (Å²) in [7, 11) is 0. The van der Waals surface area contributed by atoms with Crippen LogP contribution in [0.15, 0.2) is 12.1 Å². The number of carboxylic acids is 1. The van der Waals surface area contributed by atoms with Crippen LogP contribution in [-0.4, -0.2) is 44.6 Å². The van der Waals surface area contributed by atoms with Crippen molar-refractivity contribution in [3.8, 4) is 11.5 Å². The van der Waals surface area contributed by atoms with Crippen molar-refractivity contribution in [2.24, 2.45) is 0 Å². The summed E-state index contributed by atoms with van der Waals surface area (Å²) >= 11 is 0. The molecule has 0 saturated heterocycles. The Balaban J connectivity index is 2.51. The second kappa shape index (κ2) is 13.0. The van der Waals surface area contributed by atoms with Crippen LogP contribution >= 0.6 is 0 Å². The first-order chi connectivity index (χ1) is 13.7. The van der Waals surface area contributed by atoms with Crippen molar-refractivity contribution in [3.63, 3.8) is 0 Å². The predicted molar refractivity (Wildman–Crippen MR) is 109 cm³/mol. The molecule has 164 valence electrons. The van der Waals surface area contributed by atoms with Crippen LogP contribution in [0.5, 0.6) is 11.5 Å². The summed E-state index contributed by atoms with van der Waals surface area (Å²) in [6.45, 7) is 3.11. The Hall–Kier alpha value is -2.28. The number of benzene rings is 1. The zero-order valence-corrected chi connectivity index (χ0v) is 17.4. The average molecular weight is 411 g/mol. The Kier molecular flexibility index (Phi) is 11.1. The van der Waals surface area contributed by atoms with Gasteiger partial charge in [-0.15, -0.1) is 0 Å². The lowest BCUT2D eigenvalue weighted by Crippen LogP contribution is -2.20. The molecule has 29 heavy (non-hydrogen) atoms. The van der Waals surface area contributed by atoms with Crippen molar-refractivity contribution in [1.29, 1.82) is 0 Å². The van der Waals surface area contributed by atoms with Crippen LogP contribution in [0.3, 0.4) is 0 Å². The van der Waals surface area contributed by atoms with Crippen molar-refractivity contribution < 1.29 is 34.8 Å². The number of carbonyl (C=O) groups excluding carboxylic acids is 1. The van der Waals surface area contributed by atoms with E-state index in [0.29, 0.717) is 6.42 Å². The molecule has 0 bridgehead atoms. The number of hydrogen-bond donors (Lipinski definition) is 4. The number of phenolic OH excluding ortho intramolecular Hbond substituents is 1. The number of aliphatic hydroxyl groups excluding tert-OH is 1. The lowest BCUT2D eigenvalue weighted by atomic mass is 9.97. The molecule has 2 atom stereocenters. The van der Waals surface area contributed by atoms with Gasteiger partial charge in [0.2, 0.25) is 0 Å². The molecule has 0 spiro atoms. The topological polar surface area (TPSA) is 124 Å². The Labute approximate surface area is 172 Å². The lowest BCUT2D eigenvalue weighted by Gasteiger charge is -2.19. The third kappa shape index (κ3) is 10.2. The van der Waals surface area contributed by atoms with E-state index < -0.39 is 23.8 Å². The Morgan fingerprint density at radius 2 is 1.52 bits per heavy atom. The van der Waals surface area contributed by atoms with Crippen molar-refractivity contribution >= 4 is 11.9 Å². The predicted octanol–water partition coefficient (Wildman–Crippen LogP) is 4.16. The van der Waals surface area contributed by atoms with E-state index in [-0.39, 0.29) is 29.4 Å². The zero-order valence-electron chi connectivity index (χ0n) is 17.4. The number of hydrogen-bond acceptors (Lipinski definition) is 6. The summed E-state index contributed by atoms with van der Waals surface area (Å²) in [5.41, 5.74) is -0.0449. The number of aromatic carboxylic acids is 1. The number of esters is 1. The molecule has 4 N–H and O–H groups in total. The molecule has 0 amide bonds. The van der Waals surface area contributed by atoms with E-state index in [1.54, 1.807) is 6.92 Å². The summed E-state index contributed by atoms with van der Waals surface area (Å²) in [6.07, 6.45) is 8.05. The normalized spacial score (nSPS) is 13.1. The smallest absolute Gasteiger partial charge is 0.339 e. The highest BCUT2D eigenvalue weighted by molar-refractivity contribution is 5.93. The molecular weight excluding hydrogens is 376 g/mol. The fraction of sp³-hybridized carbons (Fsp3) is 0.636. The molecule has 0 aliphatic heterocycles. The first kappa shape index (κ1) is 24.8. The highest BCUT2D eigenvalue weighted by atomic mass is 16.5. The molecule has 1 aromatic rings. The Morgan fingerprint density at radius 1 is 0.966 bits per heavy atom. The third-order valence-corrected chi connectivity index (χ3v) is 4.83. The fourth-order valence-corrected chi connectivity index (χ4v) is 3.46. The molecular formula is C22H34O7. The monoisotopic (exact) mass is 410 g/mol. The van der Waals surface area contributed by atoms with Gasteiger partial charge in [0.05, 0.1) is 6.10 Å². The number of unbranched alkanes of at least 4 members (excludes halogenated alkanes) is 6. The maximum absolute atomic E-state index is 11.4. The standard InChI is InChI=1S/C22H34O7/c1-15(23)10-8-6-4-3-5-7-9-11-19(29-16(2)24)13-17-12-18(25)14-20(26)21(17)22(27)28/h12,14-15,19,23,25-26H,3-11,13H2,1-2H3,(H,27,28)/t15-,19+/m0/s1. The quantitative estimate of drug-likeness (QED) is 0.268. The van der Waals surface area contributed by atoms with Crippen LogP contribution in [0.1, 0.15) is 87.6 Å². The largest absolute Gasteiger partial charge is 0.508 e. The molecule has 7 nitrogen and oxygen atoms in total. The Bertz CT molecular complexity index is 655. The molecule has 0 radical (unpaired) electrons. The van der Waals surface area contributed by atoms with Crippen LogP contribution in [0.2, 0.25) is 0 Å². The van der Waals surface area contributed by atoms with E-state index in [9.17, 15) is 30.0 Å². The third-order valence-electron chi connectivity index (χ3n) is 4.83. The van der Waals surface area contributed by atoms with E-state index in [0.717, 1.165) is 57.4 Å². The summed E-state index contributed by atoms with van der Waals surface area (Å²) in [6, 6.07) is 2.27. The molecule has 0 unspecified atom stereocenters. The van der Waals surface area contributed by atoms with Crippen molar-refractivity contribution in [3.05, 3.63) is 23.3 Å². The number of phenols is 2. The maximum atomic E-state index is 11.4. The van der Waals surface area contributed by atoms with Gasteiger partial charge in [-0.1, -0.05) is 38.5 Å².